The molecule has 3 aliphatic rings. The summed E-state index contributed by atoms with van der Waals surface area (Å²) in [7, 11) is 0. The maximum Gasteiger partial charge on any atom is 0.338 e. The van der Waals surface area contributed by atoms with Crippen LogP contribution in [0.3, 0.4) is 0 Å². The normalized spacial score (nSPS) is 28.1. The van der Waals surface area contributed by atoms with Crippen LogP contribution in [0.1, 0.15) is 27.1 Å². The number of alkyl halides is 2. The summed E-state index contributed by atoms with van der Waals surface area (Å²) in [6.45, 7) is -0.621. The Morgan fingerprint density at radius 1 is 0.833 bits per heavy atom. The monoisotopic (exact) mass is 529 g/mol. The first-order valence-corrected chi connectivity index (χ1v) is 12.2. The molecule has 0 spiro atoms. The molecule has 2 aromatic carbocycles. The Morgan fingerprint density at radius 3 is 2.00 bits per heavy atom. The van der Waals surface area contributed by atoms with Crippen LogP contribution in [0.15, 0.2) is 54.6 Å². The first-order valence-electron chi connectivity index (χ1n) is 11.4. The molecule has 4 amide bonds. The molecular weight excluding hydrogens is 509 g/mol. The molecule has 1 heterocycles. The standard InChI is InChI=1S/C25H21Cl2N3O6/c26-20-15-10-16(21(20)27)19-18(15)23(33)30(24(19)34)14-8-6-13(7-9-14)25(35)36-11-17(31)28-29-22(32)12-4-2-1-3-5-12/h1-9,15-16,18-21H,10-11H2,(H,28,31)(H,29,32)/t15-,16-,18-,19+,20-,21+/m1/s1. The van der Waals surface area contributed by atoms with Crippen molar-refractivity contribution in [2.75, 3.05) is 11.5 Å². The molecule has 0 radical (unpaired) electrons. The molecule has 5 rings (SSSR count). The molecule has 2 aromatic rings. The minimum absolute atomic E-state index is 0.122. The number of carbonyl (C=O) groups excluding carboxylic acids is 5. The Hall–Kier alpha value is -3.43. The van der Waals surface area contributed by atoms with E-state index in [1.165, 1.54) is 24.3 Å². The van der Waals surface area contributed by atoms with Gasteiger partial charge in [-0.25, -0.2) is 4.79 Å². The van der Waals surface area contributed by atoms with Crippen LogP contribution in [0, 0.1) is 23.7 Å². The highest BCUT2D eigenvalue weighted by Gasteiger charge is 2.66. The van der Waals surface area contributed by atoms with Crippen LogP contribution >= 0.6 is 23.2 Å². The number of imide groups is 1. The molecule has 2 aliphatic carbocycles. The van der Waals surface area contributed by atoms with Gasteiger partial charge >= 0.3 is 5.97 Å². The largest absolute Gasteiger partial charge is 0.452 e. The van der Waals surface area contributed by atoms with E-state index in [2.05, 4.69) is 10.9 Å². The smallest absolute Gasteiger partial charge is 0.338 e. The molecule has 2 saturated carbocycles. The van der Waals surface area contributed by atoms with Gasteiger partial charge < -0.3 is 4.74 Å². The summed E-state index contributed by atoms with van der Waals surface area (Å²) in [4.78, 5) is 63.5. The molecule has 9 nitrogen and oxygen atoms in total. The fraction of sp³-hybridized carbons (Fsp3) is 0.320. The van der Waals surface area contributed by atoms with E-state index in [0.717, 1.165) is 4.90 Å². The van der Waals surface area contributed by atoms with Gasteiger partial charge in [-0.2, -0.15) is 0 Å². The van der Waals surface area contributed by atoms with E-state index in [1.54, 1.807) is 30.3 Å². The lowest BCUT2D eigenvalue weighted by Gasteiger charge is -2.28. The van der Waals surface area contributed by atoms with Crippen molar-refractivity contribution < 1.29 is 28.7 Å². The van der Waals surface area contributed by atoms with Crippen LogP contribution in [0.5, 0.6) is 0 Å². The number of benzene rings is 2. The van der Waals surface area contributed by atoms with Gasteiger partial charge in [-0.05, 0) is 54.7 Å². The molecule has 11 heteroatoms. The van der Waals surface area contributed by atoms with E-state index in [4.69, 9.17) is 27.9 Å². The number of amides is 4. The number of nitrogens with zero attached hydrogens (tertiary/aromatic N) is 1. The predicted molar refractivity (Wildman–Crippen MR) is 129 cm³/mol. The second kappa shape index (κ2) is 9.55. The minimum atomic E-state index is -0.782. The Bertz CT molecular complexity index is 1210. The fourth-order valence-corrected chi connectivity index (χ4v) is 6.28. The molecule has 2 bridgehead atoms. The Labute approximate surface area is 216 Å². The van der Waals surface area contributed by atoms with Gasteiger partial charge in [0.25, 0.3) is 11.8 Å². The number of carbonyl (C=O) groups is 5. The van der Waals surface area contributed by atoms with Gasteiger partial charge in [0.1, 0.15) is 0 Å². The van der Waals surface area contributed by atoms with Crippen LogP contribution in [0.2, 0.25) is 0 Å². The third-order valence-electron chi connectivity index (χ3n) is 7.03. The van der Waals surface area contributed by atoms with Gasteiger partial charge in [0, 0.05) is 5.56 Å². The van der Waals surface area contributed by atoms with Gasteiger partial charge in [-0.1, -0.05) is 18.2 Å². The molecule has 1 aliphatic heterocycles. The number of halogens is 2. The van der Waals surface area contributed by atoms with Crippen LogP contribution in [0.4, 0.5) is 5.69 Å². The second-order valence-electron chi connectivity index (χ2n) is 9.01. The van der Waals surface area contributed by atoms with Gasteiger partial charge in [-0.15, -0.1) is 23.2 Å². The van der Waals surface area contributed by atoms with Crippen molar-refractivity contribution in [1.29, 1.82) is 0 Å². The molecule has 1 saturated heterocycles. The third kappa shape index (κ3) is 4.12. The molecule has 6 atom stereocenters. The zero-order valence-electron chi connectivity index (χ0n) is 18.7. The number of nitrogens with one attached hydrogen (secondary N) is 2. The highest BCUT2D eigenvalue weighted by molar-refractivity contribution is 6.32. The highest BCUT2D eigenvalue weighted by atomic mass is 35.5. The van der Waals surface area contributed by atoms with Crippen LogP contribution in [-0.2, 0) is 19.1 Å². The minimum Gasteiger partial charge on any atom is -0.452 e. The average Bonchev–Trinajstić information content (AvgIpc) is 3.51. The van der Waals surface area contributed by atoms with Crippen molar-refractivity contribution >= 4 is 58.5 Å². The lowest BCUT2D eigenvalue weighted by molar-refractivity contribution is -0.125. The number of hydrazine groups is 1. The summed E-state index contributed by atoms with van der Waals surface area (Å²) in [5.41, 5.74) is 5.21. The van der Waals surface area contributed by atoms with Crippen molar-refractivity contribution in [3.05, 3.63) is 65.7 Å². The Kier molecular flexibility index (Phi) is 6.44. The van der Waals surface area contributed by atoms with Crippen molar-refractivity contribution in [2.45, 2.75) is 17.2 Å². The van der Waals surface area contributed by atoms with Crippen LogP contribution in [0.25, 0.3) is 0 Å². The quantitative estimate of drug-likeness (QED) is 0.265. The summed E-state index contributed by atoms with van der Waals surface area (Å²) in [5, 5.41) is -0.675. The number of fused-ring (bicyclic) bond motifs is 5. The van der Waals surface area contributed by atoms with Crippen molar-refractivity contribution in [1.82, 2.24) is 10.9 Å². The zero-order chi connectivity index (χ0) is 25.6. The van der Waals surface area contributed by atoms with Gasteiger partial charge in [0.15, 0.2) is 6.61 Å². The number of ether oxygens (including phenoxy) is 1. The van der Waals surface area contributed by atoms with Gasteiger partial charge in [0.05, 0.1) is 33.8 Å². The molecular formula is C25H21Cl2N3O6. The maximum absolute atomic E-state index is 13.1. The van der Waals surface area contributed by atoms with E-state index in [0.29, 0.717) is 17.7 Å². The summed E-state index contributed by atoms with van der Waals surface area (Å²) in [6.07, 6.45) is 0.678. The predicted octanol–water partition coefficient (Wildman–Crippen LogP) is 2.27. The van der Waals surface area contributed by atoms with Crippen molar-refractivity contribution in [2.24, 2.45) is 23.7 Å². The number of esters is 1. The molecule has 2 N–H and O–H groups in total. The van der Waals surface area contributed by atoms with E-state index < -0.39 is 36.2 Å². The van der Waals surface area contributed by atoms with Gasteiger partial charge in [-0.3, -0.25) is 34.9 Å². The van der Waals surface area contributed by atoms with Crippen LogP contribution in [-0.4, -0.2) is 47.0 Å². The SMILES string of the molecule is O=C(COC(=O)c1ccc(N2C(=O)[C@@H]3[C@H]4C[C@@H]([C@H](Cl)[C@@H]4Cl)[C@@H]3C2=O)cc1)NNC(=O)c1ccccc1. The van der Waals surface area contributed by atoms with Crippen LogP contribution < -0.4 is 15.8 Å². The van der Waals surface area contributed by atoms with E-state index in [9.17, 15) is 24.0 Å². The number of anilines is 1. The number of hydrogen-bond donors (Lipinski definition) is 2. The van der Waals surface area contributed by atoms with Crippen molar-refractivity contribution in [3.63, 3.8) is 0 Å². The number of rotatable bonds is 5. The van der Waals surface area contributed by atoms with E-state index in [1.807, 2.05) is 0 Å². The zero-order valence-corrected chi connectivity index (χ0v) is 20.2. The molecule has 3 fully saturated rings. The first-order chi connectivity index (χ1) is 17.3. The topological polar surface area (TPSA) is 122 Å². The maximum atomic E-state index is 13.1. The molecule has 0 unspecified atom stereocenters. The lowest BCUT2D eigenvalue weighted by Crippen LogP contribution is -2.43. The average molecular weight is 530 g/mol. The summed E-state index contributed by atoms with van der Waals surface area (Å²) in [6, 6.07) is 14.0. The summed E-state index contributed by atoms with van der Waals surface area (Å²) < 4.78 is 4.98. The lowest BCUT2D eigenvalue weighted by atomic mass is 9.80. The highest BCUT2D eigenvalue weighted by Crippen LogP contribution is 2.59. The third-order valence-corrected chi connectivity index (χ3v) is 8.35. The summed E-state index contributed by atoms with van der Waals surface area (Å²) in [5.74, 6) is -3.79. The first kappa shape index (κ1) is 24.3. The van der Waals surface area contributed by atoms with E-state index >= 15 is 0 Å². The van der Waals surface area contributed by atoms with E-state index in [-0.39, 0.29) is 40.0 Å². The summed E-state index contributed by atoms with van der Waals surface area (Å²) >= 11 is 12.8. The Balaban J connectivity index is 1.16. The Morgan fingerprint density at radius 2 is 1.42 bits per heavy atom. The van der Waals surface area contributed by atoms with Gasteiger partial charge in [0.2, 0.25) is 11.8 Å². The van der Waals surface area contributed by atoms with Crippen molar-refractivity contribution in [3.8, 4) is 0 Å². The second-order valence-corrected chi connectivity index (χ2v) is 10.0. The molecule has 0 aromatic heterocycles. The number of hydrogen-bond acceptors (Lipinski definition) is 6. The molecule has 36 heavy (non-hydrogen) atoms. The fourth-order valence-electron chi connectivity index (χ4n) is 5.39. The molecule has 186 valence electrons.